The molecular weight excluding hydrogens is 280 g/mol. The van der Waals surface area contributed by atoms with Crippen molar-refractivity contribution in [2.24, 2.45) is 0 Å². The lowest BCUT2D eigenvalue weighted by Crippen LogP contribution is -2.50. The van der Waals surface area contributed by atoms with Gasteiger partial charge in [0.2, 0.25) is 5.91 Å². The monoisotopic (exact) mass is 300 g/mol. The van der Waals surface area contributed by atoms with Crippen molar-refractivity contribution in [2.45, 2.75) is 32.4 Å². The van der Waals surface area contributed by atoms with Crippen LogP contribution in [0.25, 0.3) is 10.9 Å². The zero-order chi connectivity index (χ0) is 15.7. The van der Waals surface area contributed by atoms with Gasteiger partial charge in [0.05, 0.1) is 25.2 Å². The normalized spacial score (nSPS) is 22.0. The average Bonchev–Trinajstić information content (AvgIpc) is 2.50. The van der Waals surface area contributed by atoms with Crippen molar-refractivity contribution < 1.29 is 9.53 Å². The molecule has 22 heavy (non-hydrogen) atoms. The lowest BCUT2D eigenvalue weighted by molar-refractivity contribution is -0.142. The number of hydrogen-bond acceptors (Lipinski definition) is 3. The number of benzene rings is 1. The quantitative estimate of drug-likeness (QED) is 0.918. The molecule has 0 bridgehead atoms. The van der Waals surface area contributed by atoms with Crippen LogP contribution >= 0.6 is 0 Å². The van der Waals surface area contributed by atoms with Crippen LogP contribution in [0.5, 0.6) is 0 Å². The fourth-order valence-corrected chi connectivity index (χ4v) is 2.84. The number of aromatic nitrogens is 1. The highest BCUT2D eigenvalue weighted by molar-refractivity contribution is 5.82. The lowest BCUT2D eigenvalue weighted by Gasteiger charge is -2.36. The lowest BCUT2D eigenvalue weighted by atomic mass is 10.1. The standard InChI is InChI=1S/C17H20N2O3/c1-11-10-22-12(2)9-19(11)16(20)8-14-7-13-5-3-4-6-15(13)18-17(14)21/h3-7,11-12H,8-10H2,1-2H3,(H,18,21). The Kier molecular flexibility index (Phi) is 3.98. The number of pyridine rings is 1. The van der Waals surface area contributed by atoms with Crippen LogP contribution in [0.15, 0.2) is 35.1 Å². The first kappa shape index (κ1) is 14.8. The number of H-pyrrole nitrogens is 1. The smallest absolute Gasteiger partial charge is 0.252 e. The van der Waals surface area contributed by atoms with Gasteiger partial charge in [-0.15, -0.1) is 0 Å². The van der Waals surface area contributed by atoms with Gasteiger partial charge in [-0.1, -0.05) is 18.2 Å². The van der Waals surface area contributed by atoms with E-state index in [9.17, 15) is 9.59 Å². The number of carbonyl (C=O) groups is 1. The molecule has 1 aromatic heterocycles. The van der Waals surface area contributed by atoms with E-state index in [1.165, 1.54) is 0 Å². The number of hydrogen-bond donors (Lipinski definition) is 1. The van der Waals surface area contributed by atoms with Crippen molar-refractivity contribution in [3.63, 3.8) is 0 Å². The summed E-state index contributed by atoms with van der Waals surface area (Å²) in [5, 5.41) is 0.938. The highest BCUT2D eigenvalue weighted by atomic mass is 16.5. The fraction of sp³-hybridized carbons (Fsp3) is 0.412. The summed E-state index contributed by atoms with van der Waals surface area (Å²) in [6.07, 6.45) is 0.159. The van der Waals surface area contributed by atoms with Crippen LogP contribution in [0.4, 0.5) is 0 Å². The second-order valence-corrected chi connectivity index (χ2v) is 5.93. The molecule has 0 saturated carbocycles. The van der Waals surface area contributed by atoms with Gasteiger partial charge in [-0.3, -0.25) is 9.59 Å². The van der Waals surface area contributed by atoms with Crippen molar-refractivity contribution in [3.05, 3.63) is 46.2 Å². The van der Waals surface area contributed by atoms with Gasteiger partial charge in [0.25, 0.3) is 5.56 Å². The Bertz CT molecular complexity index is 753. The topological polar surface area (TPSA) is 62.4 Å². The molecule has 1 fully saturated rings. The Hall–Kier alpha value is -2.14. The number of nitrogens with one attached hydrogen (secondary N) is 1. The van der Waals surface area contributed by atoms with Crippen molar-refractivity contribution in [2.75, 3.05) is 13.2 Å². The summed E-state index contributed by atoms with van der Waals surface area (Å²) in [5.41, 5.74) is 1.10. The predicted molar refractivity (Wildman–Crippen MR) is 84.9 cm³/mol. The third kappa shape index (κ3) is 2.90. The number of amides is 1. The van der Waals surface area contributed by atoms with Crippen molar-refractivity contribution in [1.29, 1.82) is 0 Å². The van der Waals surface area contributed by atoms with Gasteiger partial charge in [0.1, 0.15) is 0 Å². The highest BCUT2D eigenvalue weighted by Crippen LogP contribution is 2.15. The fourth-order valence-electron chi connectivity index (χ4n) is 2.84. The molecule has 0 spiro atoms. The molecule has 0 aliphatic carbocycles. The van der Waals surface area contributed by atoms with E-state index in [2.05, 4.69) is 4.98 Å². The van der Waals surface area contributed by atoms with E-state index in [1.807, 2.05) is 43.0 Å². The van der Waals surface area contributed by atoms with Crippen LogP contribution in [0.2, 0.25) is 0 Å². The van der Waals surface area contributed by atoms with Crippen molar-refractivity contribution in [3.8, 4) is 0 Å². The predicted octanol–water partition coefficient (Wildman–Crippen LogP) is 1.71. The molecule has 1 N–H and O–H groups in total. The first-order chi connectivity index (χ1) is 10.5. The number of morpholine rings is 1. The van der Waals surface area contributed by atoms with Gasteiger partial charge in [-0.2, -0.15) is 0 Å². The van der Waals surface area contributed by atoms with Gasteiger partial charge >= 0.3 is 0 Å². The van der Waals surface area contributed by atoms with Gasteiger partial charge in [0.15, 0.2) is 0 Å². The zero-order valence-corrected chi connectivity index (χ0v) is 12.8. The molecule has 116 valence electrons. The van der Waals surface area contributed by atoms with E-state index in [-0.39, 0.29) is 30.0 Å². The Morgan fingerprint density at radius 3 is 2.95 bits per heavy atom. The zero-order valence-electron chi connectivity index (χ0n) is 12.8. The summed E-state index contributed by atoms with van der Waals surface area (Å²) in [6, 6.07) is 9.42. The Morgan fingerprint density at radius 2 is 2.14 bits per heavy atom. The first-order valence-electron chi connectivity index (χ1n) is 7.56. The van der Waals surface area contributed by atoms with Gasteiger partial charge in [-0.25, -0.2) is 0 Å². The number of ether oxygens (including phenoxy) is 1. The molecule has 1 aliphatic rings. The third-order valence-electron chi connectivity index (χ3n) is 4.10. The molecule has 2 heterocycles. The minimum Gasteiger partial charge on any atom is -0.375 e. The second-order valence-electron chi connectivity index (χ2n) is 5.93. The van der Waals surface area contributed by atoms with Gasteiger partial charge in [0, 0.05) is 17.6 Å². The number of rotatable bonds is 2. The van der Waals surface area contributed by atoms with E-state index in [0.717, 1.165) is 10.9 Å². The molecular formula is C17H20N2O3. The Balaban J connectivity index is 1.84. The molecule has 2 aromatic rings. The average molecular weight is 300 g/mol. The van der Waals surface area contributed by atoms with E-state index < -0.39 is 0 Å². The first-order valence-corrected chi connectivity index (χ1v) is 7.56. The molecule has 5 heteroatoms. The van der Waals surface area contributed by atoms with Gasteiger partial charge < -0.3 is 14.6 Å². The summed E-state index contributed by atoms with van der Waals surface area (Å²) in [5.74, 6) is -0.0246. The maximum absolute atomic E-state index is 12.5. The van der Waals surface area contributed by atoms with Crippen LogP contribution in [-0.4, -0.2) is 41.1 Å². The van der Waals surface area contributed by atoms with Crippen LogP contribution in [-0.2, 0) is 16.0 Å². The van der Waals surface area contributed by atoms with Crippen LogP contribution in [0.3, 0.4) is 0 Å². The Morgan fingerprint density at radius 1 is 1.36 bits per heavy atom. The molecule has 1 amide bonds. The summed E-state index contributed by atoms with van der Waals surface area (Å²) in [6.45, 7) is 5.04. The molecule has 2 unspecified atom stereocenters. The van der Waals surface area contributed by atoms with Crippen molar-refractivity contribution >= 4 is 16.8 Å². The van der Waals surface area contributed by atoms with E-state index >= 15 is 0 Å². The van der Waals surface area contributed by atoms with Crippen LogP contribution in [0.1, 0.15) is 19.4 Å². The molecule has 1 saturated heterocycles. The Labute approximate surface area is 128 Å². The summed E-state index contributed by atoms with van der Waals surface area (Å²) < 4.78 is 5.54. The third-order valence-corrected chi connectivity index (χ3v) is 4.10. The maximum Gasteiger partial charge on any atom is 0.252 e. The molecule has 0 radical (unpaired) electrons. The number of carbonyl (C=O) groups excluding carboxylic acids is 1. The molecule has 1 aromatic carbocycles. The second kappa shape index (κ2) is 5.93. The number of nitrogens with zero attached hydrogens (tertiary/aromatic N) is 1. The number of aromatic amines is 1. The minimum atomic E-state index is -0.194. The van der Waals surface area contributed by atoms with Crippen molar-refractivity contribution in [1.82, 2.24) is 9.88 Å². The van der Waals surface area contributed by atoms with Gasteiger partial charge in [-0.05, 0) is 31.4 Å². The summed E-state index contributed by atoms with van der Waals surface area (Å²) >= 11 is 0. The summed E-state index contributed by atoms with van der Waals surface area (Å²) in [4.78, 5) is 29.3. The molecule has 3 rings (SSSR count). The molecule has 2 atom stereocenters. The van der Waals surface area contributed by atoms with E-state index in [4.69, 9.17) is 4.74 Å². The number of para-hydroxylation sites is 1. The minimum absolute atomic E-state index is 0.0246. The van der Waals surface area contributed by atoms with E-state index in [1.54, 1.807) is 6.07 Å². The number of fused-ring (bicyclic) bond motifs is 1. The SMILES string of the molecule is CC1CN(C(=O)Cc2cc3ccccc3[nH]c2=O)C(C)CO1. The van der Waals surface area contributed by atoms with E-state index in [0.29, 0.717) is 18.7 Å². The molecule has 5 nitrogen and oxygen atoms in total. The van der Waals surface area contributed by atoms with Crippen LogP contribution < -0.4 is 5.56 Å². The highest BCUT2D eigenvalue weighted by Gasteiger charge is 2.27. The summed E-state index contributed by atoms with van der Waals surface area (Å²) in [7, 11) is 0. The largest absolute Gasteiger partial charge is 0.375 e. The maximum atomic E-state index is 12.5. The molecule has 1 aliphatic heterocycles. The van der Waals surface area contributed by atoms with Crippen LogP contribution in [0, 0.1) is 0 Å².